The average Bonchev–Trinajstić information content (AvgIpc) is 2.47. The van der Waals surface area contributed by atoms with Gasteiger partial charge in [0, 0.05) is 12.4 Å². The number of non-ortho nitro benzene ring substituents is 1. The third kappa shape index (κ3) is 2.90. The number of aromatic nitrogens is 2. The van der Waals surface area contributed by atoms with Crippen molar-refractivity contribution in [2.45, 2.75) is 0 Å². The molecule has 22 heavy (non-hydrogen) atoms. The number of nitro groups is 3. The van der Waals surface area contributed by atoms with E-state index in [4.69, 9.17) is 0 Å². The highest BCUT2D eigenvalue weighted by atomic mass is 16.6. The van der Waals surface area contributed by atoms with Crippen LogP contribution in [0.3, 0.4) is 0 Å². The van der Waals surface area contributed by atoms with E-state index in [9.17, 15) is 30.3 Å². The van der Waals surface area contributed by atoms with Gasteiger partial charge in [0.2, 0.25) is 5.95 Å². The van der Waals surface area contributed by atoms with Crippen LogP contribution < -0.4 is 5.32 Å². The number of rotatable bonds is 5. The Balaban J connectivity index is 2.66. The molecule has 12 nitrogen and oxygen atoms in total. The zero-order valence-electron chi connectivity index (χ0n) is 10.6. The standard InChI is InChI=1S/C10H6N6O6/c17-14(18)6-4-7(15(19)20)9(8(5-6)16(21)22)13-10-11-2-1-3-12-10/h1-5H,(H,11,12,13). The molecule has 0 bridgehead atoms. The average molecular weight is 306 g/mol. The third-order valence-corrected chi connectivity index (χ3v) is 2.49. The van der Waals surface area contributed by atoms with Crippen molar-refractivity contribution in [2.24, 2.45) is 0 Å². The Bertz CT molecular complexity index is 729. The molecule has 1 N–H and O–H groups in total. The summed E-state index contributed by atoms with van der Waals surface area (Å²) in [5.41, 5.74) is -2.95. The van der Waals surface area contributed by atoms with Crippen LogP contribution in [0.5, 0.6) is 0 Å². The van der Waals surface area contributed by atoms with E-state index in [1.54, 1.807) is 0 Å². The molecule has 2 aromatic rings. The van der Waals surface area contributed by atoms with E-state index in [2.05, 4.69) is 15.3 Å². The molecule has 1 aromatic carbocycles. The molecule has 0 saturated carbocycles. The van der Waals surface area contributed by atoms with Crippen LogP contribution in [0.25, 0.3) is 0 Å². The fourth-order valence-electron chi connectivity index (χ4n) is 1.59. The summed E-state index contributed by atoms with van der Waals surface area (Å²) in [4.78, 5) is 37.4. The molecule has 12 heteroatoms. The lowest BCUT2D eigenvalue weighted by molar-refractivity contribution is -0.401. The lowest BCUT2D eigenvalue weighted by Gasteiger charge is -2.06. The monoisotopic (exact) mass is 306 g/mol. The second-order valence-electron chi connectivity index (χ2n) is 3.83. The largest absolute Gasteiger partial charge is 0.313 e. The van der Waals surface area contributed by atoms with Crippen LogP contribution in [0.1, 0.15) is 0 Å². The number of hydrogen-bond acceptors (Lipinski definition) is 9. The van der Waals surface area contributed by atoms with Gasteiger partial charge in [0.05, 0.1) is 26.9 Å². The van der Waals surface area contributed by atoms with E-state index in [0.29, 0.717) is 12.1 Å². The Labute approximate surface area is 120 Å². The van der Waals surface area contributed by atoms with E-state index in [1.807, 2.05) is 0 Å². The van der Waals surface area contributed by atoms with Crippen molar-refractivity contribution in [2.75, 3.05) is 5.32 Å². The summed E-state index contributed by atoms with van der Waals surface area (Å²) in [6.45, 7) is 0. The molecule has 1 aromatic heterocycles. The van der Waals surface area contributed by atoms with Crippen molar-refractivity contribution in [1.29, 1.82) is 0 Å². The molecule has 1 heterocycles. The molecule has 0 unspecified atom stereocenters. The van der Waals surface area contributed by atoms with Crippen molar-refractivity contribution in [3.8, 4) is 0 Å². The smallest absolute Gasteiger partial charge is 0.306 e. The van der Waals surface area contributed by atoms with E-state index >= 15 is 0 Å². The van der Waals surface area contributed by atoms with Crippen molar-refractivity contribution in [3.63, 3.8) is 0 Å². The van der Waals surface area contributed by atoms with Crippen LogP contribution in [-0.4, -0.2) is 24.7 Å². The molecule has 0 saturated heterocycles. The van der Waals surface area contributed by atoms with Gasteiger partial charge in [0.15, 0.2) is 5.69 Å². The van der Waals surface area contributed by atoms with E-state index < -0.39 is 37.5 Å². The summed E-state index contributed by atoms with van der Waals surface area (Å²) in [5.74, 6) is -0.123. The van der Waals surface area contributed by atoms with E-state index in [0.717, 1.165) is 0 Å². The highest BCUT2D eigenvalue weighted by Gasteiger charge is 2.31. The summed E-state index contributed by atoms with van der Waals surface area (Å²) in [6, 6.07) is 2.72. The Hall–Kier alpha value is -3.70. The first-order valence-corrected chi connectivity index (χ1v) is 5.55. The van der Waals surface area contributed by atoms with Gasteiger partial charge in [-0.25, -0.2) is 9.97 Å². The predicted octanol–water partition coefficient (Wildman–Crippen LogP) is 1.94. The minimum Gasteiger partial charge on any atom is -0.313 e. The van der Waals surface area contributed by atoms with Gasteiger partial charge >= 0.3 is 11.4 Å². The number of benzene rings is 1. The van der Waals surface area contributed by atoms with Gasteiger partial charge in [-0.05, 0) is 6.07 Å². The van der Waals surface area contributed by atoms with Gasteiger partial charge in [0.25, 0.3) is 5.69 Å². The molecule has 0 fully saturated rings. The summed E-state index contributed by atoms with van der Waals surface area (Å²) >= 11 is 0. The highest BCUT2D eigenvalue weighted by Crippen LogP contribution is 2.39. The topological polar surface area (TPSA) is 167 Å². The van der Waals surface area contributed by atoms with Crippen LogP contribution in [0.4, 0.5) is 28.7 Å². The van der Waals surface area contributed by atoms with Gasteiger partial charge in [-0.2, -0.15) is 0 Å². The highest BCUT2D eigenvalue weighted by molar-refractivity contribution is 5.79. The predicted molar refractivity (Wildman–Crippen MR) is 71.7 cm³/mol. The maximum absolute atomic E-state index is 11.0. The summed E-state index contributed by atoms with van der Waals surface area (Å²) in [5, 5.41) is 35.2. The van der Waals surface area contributed by atoms with Crippen LogP contribution in [0, 0.1) is 30.3 Å². The second-order valence-corrected chi connectivity index (χ2v) is 3.83. The molecule has 0 spiro atoms. The van der Waals surface area contributed by atoms with Crippen LogP contribution in [0.15, 0.2) is 30.6 Å². The molecule has 112 valence electrons. The SMILES string of the molecule is O=[N+]([O-])c1cc([N+](=O)[O-])c(Nc2ncccn2)c([N+](=O)[O-])c1. The maximum atomic E-state index is 11.0. The first-order valence-electron chi connectivity index (χ1n) is 5.55. The fraction of sp³-hybridized carbons (Fsp3) is 0. The molecule has 0 radical (unpaired) electrons. The maximum Gasteiger partial charge on any atom is 0.306 e. The summed E-state index contributed by atoms with van der Waals surface area (Å²) in [6.07, 6.45) is 2.64. The fourth-order valence-corrected chi connectivity index (χ4v) is 1.59. The first-order chi connectivity index (χ1) is 10.4. The van der Waals surface area contributed by atoms with Crippen molar-refractivity contribution in [1.82, 2.24) is 9.97 Å². The van der Waals surface area contributed by atoms with Crippen molar-refractivity contribution in [3.05, 3.63) is 60.9 Å². The lowest BCUT2D eigenvalue weighted by atomic mass is 10.2. The molecule has 0 aliphatic carbocycles. The minimum absolute atomic E-state index is 0.123. The molecule has 0 aliphatic rings. The zero-order chi connectivity index (χ0) is 16.3. The number of anilines is 2. The van der Waals surface area contributed by atoms with E-state index in [-0.39, 0.29) is 5.95 Å². The molecule has 0 aliphatic heterocycles. The van der Waals surface area contributed by atoms with Crippen LogP contribution in [-0.2, 0) is 0 Å². The van der Waals surface area contributed by atoms with Gasteiger partial charge in [0.1, 0.15) is 0 Å². The molecular formula is C10H6N6O6. The summed E-state index contributed by atoms with van der Waals surface area (Å²) in [7, 11) is 0. The number of nitrogens with one attached hydrogen (secondary N) is 1. The van der Waals surface area contributed by atoms with Crippen LogP contribution >= 0.6 is 0 Å². The lowest BCUT2D eigenvalue weighted by Crippen LogP contribution is -2.05. The van der Waals surface area contributed by atoms with Crippen LogP contribution in [0.2, 0.25) is 0 Å². The van der Waals surface area contributed by atoms with Crippen molar-refractivity contribution < 1.29 is 14.8 Å². The van der Waals surface area contributed by atoms with E-state index in [1.165, 1.54) is 18.5 Å². The van der Waals surface area contributed by atoms with Gasteiger partial charge in [-0.15, -0.1) is 0 Å². The molecule has 0 atom stereocenters. The Morgan fingerprint density at radius 1 is 0.864 bits per heavy atom. The minimum atomic E-state index is -0.967. The first kappa shape index (κ1) is 14.7. The zero-order valence-corrected chi connectivity index (χ0v) is 10.6. The molecule has 0 amide bonds. The van der Waals surface area contributed by atoms with Gasteiger partial charge < -0.3 is 5.32 Å². The molecule has 2 rings (SSSR count). The number of nitro benzene ring substituents is 3. The molecular weight excluding hydrogens is 300 g/mol. The quantitative estimate of drug-likeness (QED) is 0.640. The second kappa shape index (κ2) is 5.74. The van der Waals surface area contributed by atoms with Gasteiger partial charge in [-0.3, -0.25) is 30.3 Å². The van der Waals surface area contributed by atoms with Gasteiger partial charge in [-0.1, -0.05) is 0 Å². The normalized spacial score (nSPS) is 10.0. The summed E-state index contributed by atoms with van der Waals surface area (Å²) < 4.78 is 0. The Kier molecular flexibility index (Phi) is 3.84. The third-order valence-electron chi connectivity index (χ3n) is 2.49. The number of hydrogen-bond donors (Lipinski definition) is 1. The number of nitrogens with zero attached hydrogens (tertiary/aromatic N) is 5. The Morgan fingerprint density at radius 2 is 1.36 bits per heavy atom. The Morgan fingerprint density at radius 3 is 1.77 bits per heavy atom. The van der Waals surface area contributed by atoms with Crippen molar-refractivity contribution >= 4 is 28.7 Å².